The van der Waals surface area contributed by atoms with E-state index in [9.17, 15) is 9.90 Å². The van der Waals surface area contributed by atoms with Crippen LogP contribution in [0.25, 0.3) is 5.65 Å². The van der Waals surface area contributed by atoms with Crippen molar-refractivity contribution in [3.63, 3.8) is 0 Å². The highest BCUT2D eigenvalue weighted by Crippen LogP contribution is 2.22. The third kappa shape index (κ3) is 2.99. The van der Waals surface area contributed by atoms with Crippen LogP contribution in [-0.2, 0) is 0 Å². The molecule has 8 heteroatoms. The first-order valence-electron chi connectivity index (χ1n) is 8.10. The summed E-state index contributed by atoms with van der Waals surface area (Å²) >= 11 is 0. The molecular formula is C17H18N6O2. The van der Waals surface area contributed by atoms with Crippen molar-refractivity contribution in [3.8, 4) is 5.75 Å². The summed E-state index contributed by atoms with van der Waals surface area (Å²) in [6.45, 7) is 3.80. The van der Waals surface area contributed by atoms with Crippen LogP contribution in [0.3, 0.4) is 0 Å². The first-order chi connectivity index (χ1) is 12.2. The minimum Gasteiger partial charge on any atom is -0.505 e. The SMILES string of the molecule is O=C(Nc1ccn2cc(N3CCNCC3)cnc12)c1ncccc1O. The van der Waals surface area contributed by atoms with Crippen LogP contribution < -0.4 is 15.5 Å². The zero-order valence-corrected chi connectivity index (χ0v) is 13.5. The molecule has 1 aliphatic rings. The fourth-order valence-electron chi connectivity index (χ4n) is 2.92. The van der Waals surface area contributed by atoms with Crippen LogP contribution in [0.15, 0.2) is 43.0 Å². The van der Waals surface area contributed by atoms with Crippen molar-refractivity contribution in [2.75, 3.05) is 36.4 Å². The second-order valence-corrected chi connectivity index (χ2v) is 5.83. The van der Waals surface area contributed by atoms with Gasteiger partial charge < -0.3 is 25.0 Å². The number of amides is 1. The number of carbonyl (C=O) groups excluding carboxylic acids is 1. The van der Waals surface area contributed by atoms with Crippen molar-refractivity contribution in [3.05, 3.63) is 48.7 Å². The Morgan fingerprint density at radius 3 is 2.88 bits per heavy atom. The predicted molar refractivity (Wildman–Crippen MR) is 94.1 cm³/mol. The van der Waals surface area contributed by atoms with E-state index in [-0.39, 0.29) is 11.4 Å². The molecule has 1 amide bonds. The summed E-state index contributed by atoms with van der Waals surface area (Å²) in [4.78, 5) is 23.0. The minimum atomic E-state index is -0.473. The van der Waals surface area contributed by atoms with Crippen LogP contribution in [0.1, 0.15) is 10.5 Å². The average molecular weight is 338 g/mol. The smallest absolute Gasteiger partial charge is 0.278 e. The van der Waals surface area contributed by atoms with E-state index >= 15 is 0 Å². The Bertz CT molecular complexity index is 916. The summed E-state index contributed by atoms with van der Waals surface area (Å²) in [5.74, 6) is -0.628. The molecule has 128 valence electrons. The van der Waals surface area contributed by atoms with Gasteiger partial charge in [-0.3, -0.25) is 4.79 Å². The lowest BCUT2D eigenvalue weighted by Gasteiger charge is -2.29. The van der Waals surface area contributed by atoms with E-state index in [1.54, 1.807) is 12.1 Å². The maximum absolute atomic E-state index is 12.3. The van der Waals surface area contributed by atoms with Gasteiger partial charge in [-0.05, 0) is 18.2 Å². The van der Waals surface area contributed by atoms with Crippen molar-refractivity contribution >= 4 is 22.9 Å². The van der Waals surface area contributed by atoms with Crippen LogP contribution in [-0.4, -0.2) is 51.6 Å². The average Bonchev–Trinajstić information content (AvgIpc) is 3.05. The molecule has 0 unspecified atom stereocenters. The molecule has 0 bridgehead atoms. The molecule has 0 aliphatic carbocycles. The van der Waals surface area contributed by atoms with E-state index in [0.29, 0.717) is 11.3 Å². The first kappa shape index (κ1) is 15.4. The lowest BCUT2D eigenvalue weighted by Crippen LogP contribution is -2.43. The lowest BCUT2D eigenvalue weighted by molar-refractivity contribution is 0.101. The number of carbonyl (C=O) groups is 1. The molecule has 0 saturated carbocycles. The van der Waals surface area contributed by atoms with E-state index in [2.05, 4.69) is 25.5 Å². The van der Waals surface area contributed by atoms with Gasteiger partial charge in [0.15, 0.2) is 11.3 Å². The van der Waals surface area contributed by atoms with E-state index in [0.717, 1.165) is 31.9 Å². The third-order valence-corrected chi connectivity index (χ3v) is 4.21. The molecule has 3 aromatic heterocycles. The second-order valence-electron chi connectivity index (χ2n) is 5.83. The van der Waals surface area contributed by atoms with E-state index in [1.165, 1.54) is 12.3 Å². The van der Waals surface area contributed by atoms with Crippen molar-refractivity contribution in [1.82, 2.24) is 19.7 Å². The molecule has 25 heavy (non-hydrogen) atoms. The van der Waals surface area contributed by atoms with Gasteiger partial charge in [-0.25, -0.2) is 9.97 Å². The molecule has 1 aliphatic heterocycles. The monoisotopic (exact) mass is 338 g/mol. The highest BCUT2D eigenvalue weighted by atomic mass is 16.3. The number of aromatic hydroxyl groups is 1. The number of fused-ring (bicyclic) bond motifs is 1. The van der Waals surface area contributed by atoms with Crippen LogP contribution in [0.2, 0.25) is 0 Å². The largest absolute Gasteiger partial charge is 0.505 e. The Morgan fingerprint density at radius 2 is 2.08 bits per heavy atom. The third-order valence-electron chi connectivity index (χ3n) is 4.21. The van der Waals surface area contributed by atoms with Gasteiger partial charge >= 0.3 is 0 Å². The number of nitrogens with one attached hydrogen (secondary N) is 2. The molecular weight excluding hydrogens is 320 g/mol. The molecule has 4 rings (SSSR count). The Kier molecular flexibility index (Phi) is 3.95. The van der Waals surface area contributed by atoms with Crippen molar-refractivity contribution in [2.24, 2.45) is 0 Å². The number of rotatable bonds is 3. The van der Waals surface area contributed by atoms with Gasteiger partial charge in [-0.15, -0.1) is 0 Å². The molecule has 0 radical (unpaired) electrons. The highest BCUT2D eigenvalue weighted by Gasteiger charge is 2.16. The number of hydrogen-bond donors (Lipinski definition) is 3. The van der Waals surface area contributed by atoms with Gasteiger partial charge in [0.25, 0.3) is 5.91 Å². The lowest BCUT2D eigenvalue weighted by atomic mass is 10.3. The number of aromatic nitrogens is 3. The summed E-state index contributed by atoms with van der Waals surface area (Å²) in [5.41, 5.74) is 2.24. The van der Waals surface area contributed by atoms with Crippen LogP contribution in [0.5, 0.6) is 5.75 Å². The second kappa shape index (κ2) is 6.40. The summed E-state index contributed by atoms with van der Waals surface area (Å²) in [7, 11) is 0. The van der Waals surface area contributed by atoms with Gasteiger partial charge in [0, 0.05) is 44.8 Å². The number of hydrogen-bond acceptors (Lipinski definition) is 6. The molecule has 1 fully saturated rings. The van der Waals surface area contributed by atoms with Crippen LogP contribution in [0.4, 0.5) is 11.4 Å². The zero-order valence-electron chi connectivity index (χ0n) is 13.5. The Morgan fingerprint density at radius 1 is 1.24 bits per heavy atom. The van der Waals surface area contributed by atoms with Gasteiger partial charge in [0.05, 0.1) is 17.6 Å². The first-order valence-corrected chi connectivity index (χ1v) is 8.10. The van der Waals surface area contributed by atoms with Gasteiger partial charge in [0.1, 0.15) is 5.75 Å². The van der Waals surface area contributed by atoms with E-state index in [1.807, 2.05) is 23.0 Å². The molecule has 0 aromatic carbocycles. The molecule has 0 atom stereocenters. The molecule has 1 saturated heterocycles. The number of nitrogens with zero attached hydrogens (tertiary/aromatic N) is 4. The van der Waals surface area contributed by atoms with E-state index in [4.69, 9.17) is 0 Å². The molecule has 8 nitrogen and oxygen atoms in total. The van der Waals surface area contributed by atoms with Crippen molar-refractivity contribution < 1.29 is 9.90 Å². The number of anilines is 2. The summed E-state index contributed by atoms with van der Waals surface area (Å²) in [5, 5.41) is 15.8. The molecule has 3 N–H and O–H groups in total. The maximum atomic E-state index is 12.3. The van der Waals surface area contributed by atoms with Crippen molar-refractivity contribution in [2.45, 2.75) is 0 Å². The van der Waals surface area contributed by atoms with Crippen LogP contribution in [0, 0.1) is 0 Å². The maximum Gasteiger partial charge on any atom is 0.278 e. The minimum absolute atomic E-state index is 0.0145. The Hall–Kier alpha value is -3.13. The zero-order chi connectivity index (χ0) is 17.2. The van der Waals surface area contributed by atoms with Gasteiger partial charge in [-0.2, -0.15) is 0 Å². The fourth-order valence-corrected chi connectivity index (χ4v) is 2.92. The van der Waals surface area contributed by atoms with Gasteiger partial charge in [0.2, 0.25) is 0 Å². The van der Waals surface area contributed by atoms with Crippen molar-refractivity contribution in [1.29, 1.82) is 0 Å². The summed E-state index contributed by atoms with van der Waals surface area (Å²) < 4.78 is 1.88. The van der Waals surface area contributed by atoms with Crippen LogP contribution >= 0.6 is 0 Å². The molecule has 3 aromatic rings. The summed E-state index contributed by atoms with van der Waals surface area (Å²) in [6, 6.07) is 4.78. The van der Waals surface area contributed by atoms with E-state index < -0.39 is 5.91 Å². The highest BCUT2D eigenvalue weighted by molar-refractivity contribution is 6.06. The fraction of sp³-hybridized carbons (Fsp3) is 0.235. The Labute approximate surface area is 144 Å². The molecule has 4 heterocycles. The quantitative estimate of drug-likeness (QED) is 0.662. The topological polar surface area (TPSA) is 94.8 Å². The van der Waals surface area contributed by atoms with Gasteiger partial charge in [-0.1, -0.05) is 0 Å². The normalized spacial score (nSPS) is 14.6. The molecule has 0 spiro atoms. The standard InChI is InChI=1S/C17H18N6O2/c24-14-2-1-4-19-15(14)17(25)21-13-3-7-23-11-12(10-20-16(13)23)22-8-5-18-6-9-22/h1-4,7,10-11,18,24H,5-6,8-9H2,(H,21,25). The summed E-state index contributed by atoms with van der Waals surface area (Å²) in [6.07, 6.45) is 7.13. The number of pyridine rings is 1. The Balaban J connectivity index is 1.59. The number of piperazine rings is 1. The predicted octanol–water partition coefficient (Wildman–Crippen LogP) is 1.10.